The second-order valence-electron chi connectivity index (χ2n) is 0.285. The molecule has 2 nitrogen and oxygen atoms in total. The van der Waals surface area contributed by atoms with Crippen LogP contribution in [0, 0.1) is 21.3 Å². The summed E-state index contributed by atoms with van der Waals surface area (Å²) in [5, 5.41) is 18.3. The molecule has 0 aromatic rings. The molecule has 0 N–H and O–H groups in total. The molecule has 0 amide bonds. The van der Waals surface area contributed by atoms with Crippen LogP contribution in [0.4, 0.5) is 0 Å². The van der Waals surface area contributed by atoms with E-state index in [4.69, 9.17) is 10.5 Å². The predicted octanol–water partition coefficient (Wildman–Crippen LogP) is 0.679. The van der Waals surface area contributed by atoms with E-state index in [1.165, 1.54) is 0 Å². The Kier molecular flexibility index (Phi) is 14.0. The minimum atomic E-state index is 0. The first-order valence-corrected chi connectivity index (χ1v) is 1.67. The summed E-state index contributed by atoms with van der Waals surface area (Å²) >= 11 is 0.574. The van der Waals surface area contributed by atoms with Gasteiger partial charge in [-0.3, -0.25) is 0 Å². The van der Waals surface area contributed by atoms with Crippen molar-refractivity contribution in [1.82, 2.24) is 0 Å². The van der Waals surface area contributed by atoms with Gasteiger partial charge in [0.05, 0.1) is 11.8 Å². The van der Waals surface area contributed by atoms with Crippen LogP contribution in [-0.2, 0) is 22.4 Å². The van der Waals surface area contributed by atoms with Gasteiger partial charge in [0.1, 0.15) is 10.8 Å². The van der Waals surface area contributed by atoms with E-state index in [-0.39, 0.29) is 22.4 Å². The van der Waals surface area contributed by atoms with Gasteiger partial charge in [-0.15, -0.1) is 0 Å². The van der Waals surface area contributed by atoms with Crippen LogP contribution in [0.5, 0.6) is 0 Å². The molecular weight excluding hydrogens is 192 g/mol. The van der Waals surface area contributed by atoms with Crippen molar-refractivity contribution >= 4 is 11.8 Å². The molecule has 0 radical (unpaired) electrons. The molecule has 0 aromatic carbocycles. The number of hydrogen-bond donors (Lipinski definition) is 0. The average Bonchev–Trinajstić information content (AvgIpc) is 1.41. The van der Waals surface area contributed by atoms with Crippen molar-refractivity contribution in [3.63, 3.8) is 0 Å². The molecule has 0 heterocycles. The van der Waals surface area contributed by atoms with Crippen molar-refractivity contribution in [1.29, 1.82) is 10.5 Å². The summed E-state index contributed by atoms with van der Waals surface area (Å²) in [5.41, 5.74) is 0. The molecule has 0 bridgehead atoms. The van der Waals surface area contributed by atoms with Crippen molar-refractivity contribution in [2.45, 2.75) is 0 Å². The molecule has 0 aliphatic rings. The zero-order chi connectivity index (χ0) is 4.12. The van der Waals surface area contributed by atoms with Gasteiger partial charge < -0.3 is 0 Å². The zero-order valence-corrected chi connectivity index (χ0v) is 4.90. The van der Waals surface area contributed by atoms with Gasteiger partial charge in [-0.05, 0) is 0 Å². The molecule has 0 aliphatic heterocycles. The fourth-order valence-electron chi connectivity index (χ4n) is 0.0204. The average molecular weight is 192 g/mol. The number of nitrogens with zero attached hydrogens (tertiary/aromatic N) is 2. The predicted molar refractivity (Wildman–Crippen MR) is 18.8 cm³/mol. The van der Waals surface area contributed by atoms with Crippen molar-refractivity contribution in [2.24, 2.45) is 0 Å². The van der Waals surface area contributed by atoms with Crippen LogP contribution in [0.15, 0.2) is 0 Å². The Morgan fingerprint density at radius 2 is 1.50 bits per heavy atom. The third-order valence-corrected chi connectivity index (χ3v) is 0.274. The maximum atomic E-state index is 7.56. The van der Waals surface area contributed by atoms with Gasteiger partial charge in [0.15, 0.2) is 0 Å². The quantitative estimate of drug-likeness (QED) is 0.418. The Labute approximate surface area is 55.6 Å². The summed E-state index contributed by atoms with van der Waals surface area (Å²) < 4.78 is 0. The Bertz CT molecular complexity index is 76.7. The molecule has 0 saturated heterocycles. The van der Waals surface area contributed by atoms with E-state index in [2.05, 4.69) is 0 Å². The van der Waals surface area contributed by atoms with E-state index in [1.807, 2.05) is 0 Å². The molecule has 0 atom stereocenters. The molecule has 0 spiro atoms. The summed E-state index contributed by atoms with van der Waals surface area (Å²) in [6, 6.07) is 0. The van der Waals surface area contributed by atoms with E-state index in [9.17, 15) is 0 Å². The van der Waals surface area contributed by atoms with Gasteiger partial charge in [0.25, 0.3) is 0 Å². The van der Waals surface area contributed by atoms with Gasteiger partial charge >= 0.3 is 22.4 Å². The number of thioether (sulfide) groups is 1. The minimum absolute atomic E-state index is 0. The molecule has 6 heavy (non-hydrogen) atoms. The van der Waals surface area contributed by atoms with E-state index in [1.54, 1.807) is 10.8 Å². The molecule has 0 rings (SSSR count). The van der Waals surface area contributed by atoms with Gasteiger partial charge in [0.2, 0.25) is 0 Å². The van der Waals surface area contributed by atoms with Crippen LogP contribution < -0.4 is 0 Å². The third kappa shape index (κ3) is 8.95. The second kappa shape index (κ2) is 8.91. The number of nitriles is 2. The van der Waals surface area contributed by atoms with Crippen LogP contribution in [0.2, 0.25) is 0 Å². The number of thiocyanates is 2. The number of rotatable bonds is 0. The van der Waals surface area contributed by atoms with Crippen molar-refractivity contribution in [2.75, 3.05) is 0 Å². The largest absolute Gasteiger partial charge is 1.00 e. The fraction of sp³-hybridized carbons (Fsp3) is 0. The number of hydrogen-bond acceptors (Lipinski definition) is 3. The van der Waals surface area contributed by atoms with Crippen LogP contribution in [0.3, 0.4) is 0 Å². The Morgan fingerprint density at radius 3 is 1.50 bits per heavy atom. The topological polar surface area (TPSA) is 47.6 Å². The second-order valence-corrected chi connectivity index (χ2v) is 0.854. The maximum Gasteiger partial charge on any atom is 1.00 e. The smallest absolute Gasteiger partial charge is 0.184 e. The van der Waals surface area contributed by atoms with Crippen LogP contribution in [0.1, 0.15) is 0 Å². The van der Waals surface area contributed by atoms with E-state index in [0.717, 1.165) is 0 Å². The van der Waals surface area contributed by atoms with Gasteiger partial charge in [-0.2, -0.15) is 10.5 Å². The van der Waals surface area contributed by atoms with Crippen LogP contribution in [0.25, 0.3) is 0 Å². The minimum Gasteiger partial charge on any atom is -0.184 e. The first-order valence-electron chi connectivity index (χ1n) is 0.855. The normalized spacial score (nSPS) is 3.67. The molecule has 0 fully saturated rings. The van der Waals surface area contributed by atoms with E-state index >= 15 is 0 Å². The van der Waals surface area contributed by atoms with Crippen molar-refractivity contribution < 1.29 is 22.4 Å². The first kappa shape index (κ1) is 9.42. The molecule has 0 aromatic heterocycles. The zero-order valence-electron chi connectivity index (χ0n) is 2.60. The fourth-order valence-corrected chi connectivity index (χ4v) is 0.0612. The van der Waals surface area contributed by atoms with Gasteiger partial charge in [0, 0.05) is 0 Å². The van der Waals surface area contributed by atoms with Crippen molar-refractivity contribution in [3.8, 4) is 10.8 Å². The Balaban J connectivity index is 0. The summed E-state index contributed by atoms with van der Waals surface area (Å²) in [7, 11) is 0. The molecule has 0 saturated carbocycles. The molecule has 0 aliphatic carbocycles. The summed E-state index contributed by atoms with van der Waals surface area (Å²) in [5.74, 6) is 0. The Hall–Kier alpha value is 0.0703. The summed E-state index contributed by atoms with van der Waals surface area (Å²) in [6.07, 6.45) is 0. The van der Waals surface area contributed by atoms with Crippen LogP contribution in [-0.4, -0.2) is 0 Å². The monoisotopic (exact) mass is 191 g/mol. The van der Waals surface area contributed by atoms with Crippen LogP contribution >= 0.6 is 11.8 Å². The maximum absolute atomic E-state index is 7.56. The van der Waals surface area contributed by atoms with Gasteiger partial charge in [-0.25, -0.2) is 0 Å². The van der Waals surface area contributed by atoms with Gasteiger partial charge in [-0.1, -0.05) is 0 Å². The third-order valence-electron chi connectivity index (χ3n) is 0.0913. The van der Waals surface area contributed by atoms with E-state index < -0.39 is 0 Å². The van der Waals surface area contributed by atoms with Crippen molar-refractivity contribution in [3.05, 3.63) is 0 Å². The molecule has 0 unspecified atom stereocenters. The summed E-state index contributed by atoms with van der Waals surface area (Å²) in [6.45, 7) is 0. The first-order chi connectivity index (χ1) is 2.41. The Morgan fingerprint density at radius 1 is 1.17 bits per heavy atom. The summed E-state index contributed by atoms with van der Waals surface area (Å²) in [4.78, 5) is 0. The van der Waals surface area contributed by atoms with E-state index in [0.29, 0.717) is 11.8 Å². The molecule has 4 heteroatoms. The molecular formula is C2AgN2S+. The standard InChI is InChI=1S/C2N2S.Ag/c3-1-5-2-4;/q;+1. The SMILES string of the molecule is N#CSC#N.[Ag+]. The molecule has 34 valence electrons.